The molecule has 0 unspecified atom stereocenters. The first-order valence-electron chi connectivity index (χ1n) is 6.32. The predicted molar refractivity (Wildman–Crippen MR) is 76.3 cm³/mol. The van der Waals surface area contributed by atoms with E-state index in [1.165, 1.54) is 0 Å². The van der Waals surface area contributed by atoms with E-state index in [2.05, 4.69) is 4.98 Å². The number of hydrogen-bond donors (Lipinski definition) is 2. The lowest BCUT2D eigenvalue weighted by Crippen LogP contribution is -1.99. The van der Waals surface area contributed by atoms with Crippen molar-refractivity contribution in [3.8, 4) is 5.75 Å². The number of aromatic nitrogens is 2. The van der Waals surface area contributed by atoms with Crippen LogP contribution in [0.25, 0.3) is 5.65 Å². The van der Waals surface area contributed by atoms with Crippen molar-refractivity contribution in [2.75, 3.05) is 5.73 Å². The fraction of sp³-hybridized carbons (Fsp3) is 0.133. The first-order valence-corrected chi connectivity index (χ1v) is 6.32. The first-order chi connectivity index (χ1) is 9.79. The summed E-state index contributed by atoms with van der Waals surface area (Å²) in [5.41, 5.74) is 8.07. The Labute approximate surface area is 116 Å². The lowest BCUT2D eigenvalue weighted by Gasteiger charge is -2.07. The molecule has 5 heteroatoms. The Morgan fingerprint density at radius 1 is 1.15 bits per heavy atom. The maximum absolute atomic E-state index is 9.22. The molecule has 20 heavy (non-hydrogen) atoms. The average Bonchev–Trinajstić information content (AvgIpc) is 2.83. The van der Waals surface area contributed by atoms with E-state index in [9.17, 15) is 5.11 Å². The van der Waals surface area contributed by atoms with Gasteiger partial charge in [0.05, 0.1) is 6.61 Å². The van der Waals surface area contributed by atoms with E-state index in [-0.39, 0.29) is 6.61 Å². The van der Waals surface area contributed by atoms with Crippen LogP contribution in [0.4, 0.5) is 5.82 Å². The van der Waals surface area contributed by atoms with E-state index in [1.807, 2.05) is 42.5 Å². The second kappa shape index (κ2) is 5.22. The van der Waals surface area contributed by atoms with Crippen LogP contribution in [0.3, 0.4) is 0 Å². The topological polar surface area (TPSA) is 72.8 Å². The van der Waals surface area contributed by atoms with Gasteiger partial charge < -0.3 is 15.6 Å². The number of aliphatic hydroxyl groups excluding tert-OH is 1. The van der Waals surface area contributed by atoms with E-state index in [1.54, 1.807) is 10.6 Å². The molecule has 0 bridgehead atoms. The van der Waals surface area contributed by atoms with E-state index < -0.39 is 0 Å². The minimum Gasteiger partial charge on any atom is -0.485 e. The molecule has 0 atom stereocenters. The van der Waals surface area contributed by atoms with Crippen LogP contribution in [0.5, 0.6) is 5.75 Å². The third kappa shape index (κ3) is 2.19. The Balaban J connectivity index is 1.92. The average molecular weight is 269 g/mol. The summed E-state index contributed by atoms with van der Waals surface area (Å²) in [7, 11) is 0. The number of hydrogen-bond acceptors (Lipinski definition) is 4. The number of rotatable bonds is 4. The van der Waals surface area contributed by atoms with Gasteiger partial charge in [0.25, 0.3) is 0 Å². The number of nitrogens with zero attached hydrogens (tertiary/aromatic N) is 2. The van der Waals surface area contributed by atoms with E-state index in [0.717, 1.165) is 5.56 Å². The zero-order valence-corrected chi connectivity index (χ0v) is 10.9. The number of benzene rings is 1. The zero-order valence-electron chi connectivity index (χ0n) is 10.9. The monoisotopic (exact) mass is 269 g/mol. The highest BCUT2D eigenvalue weighted by Crippen LogP contribution is 2.24. The number of fused-ring (bicyclic) bond motifs is 1. The Kier molecular flexibility index (Phi) is 3.26. The Morgan fingerprint density at radius 3 is 2.70 bits per heavy atom. The number of imidazole rings is 1. The molecular formula is C15H15N3O2. The number of aliphatic hydroxyl groups is 1. The zero-order chi connectivity index (χ0) is 13.9. The molecular weight excluding hydrogens is 254 g/mol. The third-order valence-electron chi connectivity index (χ3n) is 3.11. The molecule has 3 rings (SSSR count). The van der Waals surface area contributed by atoms with Gasteiger partial charge in [-0.25, -0.2) is 4.98 Å². The molecule has 2 heterocycles. The van der Waals surface area contributed by atoms with Gasteiger partial charge in [-0.1, -0.05) is 30.3 Å². The second-order valence-electron chi connectivity index (χ2n) is 4.44. The molecule has 5 nitrogen and oxygen atoms in total. The lowest BCUT2D eigenvalue weighted by atomic mass is 10.2. The van der Waals surface area contributed by atoms with Gasteiger partial charge in [-0.05, 0) is 17.7 Å². The molecule has 102 valence electrons. The summed E-state index contributed by atoms with van der Waals surface area (Å²) in [5.74, 6) is 1.08. The summed E-state index contributed by atoms with van der Waals surface area (Å²) in [4.78, 5) is 4.31. The van der Waals surface area contributed by atoms with Gasteiger partial charge in [-0.15, -0.1) is 0 Å². The van der Waals surface area contributed by atoms with E-state index in [0.29, 0.717) is 29.5 Å². The van der Waals surface area contributed by atoms with Crippen molar-refractivity contribution in [3.63, 3.8) is 0 Å². The van der Waals surface area contributed by atoms with Crippen molar-refractivity contribution in [2.24, 2.45) is 0 Å². The maximum atomic E-state index is 9.22. The Bertz CT molecular complexity index is 723. The van der Waals surface area contributed by atoms with Crippen LogP contribution in [-0.4, -0.2) is 14.5 Å². The van der Waals surface area contributed by atoms with Crippen LogP contribution in [0.15, 0.2) is 48.7 Å². The van der Waals surface area contributed by atoms with Gasteiger partial charge in [0, 0.05) is 6.20 Å². The number of pyridine rings is 1. The molecule has 0 amide bonds. The Hall–Kier alpha value is -2.53. The normalized spacial score (nSPS) is 10.8. The van der Waals surface area contributed by atoms with Gasteiger partial charge in [-0.3, -0.25) is 4.40 Å². The molecule has 0 saturated heterocycles. The van der Waals surface area contributed by atoms with Crippen LogP contribution in [0.1, 0.15) is 11.3 Å². The van der Waals surface area contributed by atoms with Gasteiger partial charge in [-0.2, -0.15) is 0 Å². The highest BCUT2D eigenvalue weighted by molar-refractivity contribution is 5.61. The van der Waals surface area contributed by atoms with Crippen LogP contribution in [0, 0.1) is 0 Å². The molecule has 0 aliphatic heterocycles. The summed E-state index contributed by atoms with van der Waals surface area (Å²) < 4.78 is 7.51. The van der Waals surface area contributed by atoms with Crippen molar-refractivity contribution in [1.29, 1.82) is 0 Å². The molecule has 0 saturated carbocycles. The van der Waals surface area contributed by atoms with Crippen molar-refractivity contribution < 1.29 is 9.84 Å². The summed E-state index contributed by atoms with van der Waals surface area (Å²) in [6, 6.07) is 13.6. The Morgan fingerprint density at radius 2 is 1.95 bits per heavy atom. The van der Waals surface area contributed by atoms with Crippen molar-refractivity contribution in [1.82, 2.24) is 9.38 Å². The summed E-state index contributed by atoms with van der Waals surface area (Å²) in [5, 5.41) is 9.22. The van der Waals surface area contributed by atoms with Crippen molar-refractivity contribution in [3.05, 3.63) is 59.9 Å². The minimum atomic E-state index is -0.189. The molecule has 0 spiro atoms. The minimum absolute atomic E-state index is 0.189. The van der Waals surface area contributed by atoms with Gasteiger partial charge >= 0.3 is 0 Å². The smallest absolute Gasteiger partial charge is 0.181 e. The van der Waals surface area contributed by atoms with E-state index >= 15 is 0 Å². The highest BCUT2D eigenvalue weighted by atomic mass is 16.5. The van der Waals surface area contributed by atoms with Gasteiger partial charge in [0.1, 0.15) is 18.1 Å². The van der Waals surface area contributed by atoms with Crippen LogP contribution >= 0.6 is 0 Å². The van der Waals surface area contributed by atoms with Crippen molar-refractivity contribution >= 4 is 11.5 Å². The molecule has 3 aromatic rings. The molecule has 0 aliphatic rings. The van der Waals surface area contributed by atoms with Crippen LogP contribution in [-0.2, 0) is 13.2 Å². The van der Waals surface area contributed by atoms with Gasteiger partial charge in [0.2, 0.25) is 0 Å². The number of ether oxygens (including phenoxy) is 1. The molecule has 0 fully saturated rings. The van der Waals surface area contributed by atoms with Crippen molar-refractivity contribution in [2.45, 2.75) is 13.2 Å². The van der Waals surface area contributed by atoms with Crippen LogP contribution < -0.4 is 10.5 Å². The largest absolute Gasteiger partial charge is 0.485 e. The maximum Gasteiger partial charge on any atom is 0.181 e. The molecule has 1 aromatic carbocycles. The molecule has 3 N–H and O–H groups in total. The summed E-state index contributed by atoms with van der Waals surface area (Å²) in [6.07, 6.45) is 1.80. The second-order valence-corrected chi connectivity index (χ2v) is 4.44. The first kappa shape index (κ1) is 12.5. The number of anilines is 1. The molecule has 0 aliphatic carbocycles. The van der Waals surface area contributed by atoms with Crippen LogP contribution in [0.2, 0.25) is 0 Å². The third-order valence-corrected chi connectivity index (χ3v) is 3.11. The fourth-order valence-electron chi connectivity index (χ4n) is 2.07. The lowest BCUT2D eigenvalue weighted by molar-refractivity contribution is 0.278. The summed E-state index contributed by atoms with van der Waals surface area (Å²) >= 11 is 0. The van der Waals surface area contributed by atoms with E-state index in [4.69, 9.17) is 10.5 Å². The predicted octanol–water partition coefficient (Wildman–Crippen LogP) is 1.99. The quantitative estimate of drug-likeness (QED) is 0.759. The standard InChI is InChI=1S/C15H15N3O2/c16-14-12(9-19)17-15-13(7-4-8-18(14)15)20-10-11-5-2-1-3-6-11/h1-8,19H,9-10,16H2. The molecule has 2 aromatic heterocycles. The molecule has 0 radical (unpaired) electrons. The highest BCUT2D eigenvalue weighted by Gasteiger charge is 2.12. The van der Waals surface area contributed by atoms with Gasteiger partial charge in [0.15, 0.2) is 11.4 Å². The number of nitrogens with two attached hydrogens (primary N) is 1. The fourth-order valence-corrected chi connectivity index (χ4v) is 2.07. The summed E-state index contributed by atoms with van der Waals surface area (Å²) in [6.45, 7) is 0.271. The SMILES string of the molecule is Nc1c(CO)nc2c(OCc3ccccc3)cccn12. The number of nitrogen functional groups attached to an aromatic ring is 1.